The van der Waals surface area contributed by atoms with Crippen LogP contribution in [0.5, 0.6) is 23.0 Å². The highest BCUT2D eigenvalue weighted by Crippen LogP contribution is 2.38. The molecule has 3 aromatic rings. The topological polar surface area (TPSA) is 100 Å². The standard InChI is InChI=1S/C19H17N3O4.ClH/c1-24-13-4-5-14-15(9-13)22-19(21-14)12(10-20)6-11-7-16(25-2)18(23)17(8-11)26-3;/h4-9,23H,1-3H3,(H,21,22);1H. The number of imidazole rings is 1. The quantitative estimate of drug-likeness (QED) is 0.646. The first-order valence-corrected chi connectivity index (χ1v) is 7.70. The number of phenols is 1. The van der Waals surface area contributed by atoms with Gasteiger partial charge in [0.05, 0.1) is 37.9 Å². The number of nitriles is 1. The van der Waals surface area contributed by atoms with E-state index in [4.69, 9.17) is 14.2 Å². The average molecular weight is 388 g/mol. The Morgan fingerprint density at radius 2 is 1.78 bits per heavy atom. The first-order valence-electron chi connectivity index (χ1n) is 7.70. The molecule has 0 amide bonds. The molecule has 7 nitrogen and oxygen atoms in total. The first-order chi connectivity index (χ1) is 12.6. The summed E-state index contributed by atoms with van der Waals surface area (Å²) in [5.74, 6) is 1.54. The van der Waals surface area contributed by atoms with Crippen LogP contribution in [0.2, 0.25) is 0 Å². The minimum absolute atomic E-state index is 0. The van der Waals surface area contributed by atoms with Crippen LogP contribution in [0, 0.1) is 11.3 Å². The molecule has 0 bridgehead atoms. The number of benzene rings is 2. The molecule has 2 N–H and O–H groups in total. The summed E-state index contributed by atoms with van der Waals surface area (Å²) in [6, 6.07) is 10.8. The van der Waals surface area contributed by atoms with Crippen LogP contribution in [-0.4, -0.2) is 36.4 Å². The number of hydrogen-bond acceptors (Lipinski definition) is 6. The van der Waals surface area contributed by atoms with Crippen molar-refractivity contribution in [3.05, 3.63) is 41.7 Å². The Balaban J connectivity index is 0.00000261. The van der Waals surface area contributed by atoms with Gasteiger partial charge in [0.1, 0.15) is 17.6 Å². The van der Waals surface area contributed by atoms with E-state index < -0.39 is 0 Å². The van der Waals surface area contributed by atoms with Gasteiger partial charge in [-0.3, -0.25) is 0 Å². The molecule has 0 radical (unpaired) electrons. The van der Waals surface area contributed by atoms with Crippen LogP contribution >= 0.6 is 12.4 Å². The van der Waals surface area contributed by atoms with Crippen molar-refractivity contribution < 1.29 is 19.3 Å². The van der Waals surface area contributed by atoms with Gasteiger partial charge in [0.2, 0.25) is 5.75 Å². The second-order valence-corrected chi connectivity index (χ2v) is 5.41. The number of aromatic amines is 1. The molecular weight excluding hydrogens is 370 g/mol. The Hall–Kier alpha value is -3.37. The van der Waals surface area contributed by atoms with Gasteiger partial charge >= 0.3 is 0 Å². The summed E-state index contributed by atoms with van der Waals surface area (Å²) in [7, 11) is 4.48. The predicted octanol–water partition coefficient (Wildman–Crippen LogP) is 3.78. The molecule has 0 aliphatic heterocycles. The van der Waals surface area contributed by atoms with E-state index >= 15 is 0 Å². The third-order valence-corrected chi connectivity index (χ3v) is 3.88. The lowest BCUT2D eigenvalue weighted by molar-refractivity contribution is 0.340. The van der Waals surface area contributed by atoms with Crippen molar-refractivity contribution in [2.24, 2.45) is 0 Å². The lowest BCUT2D eigenvalue weighted by Gasteiger charge is -2.09. The van der Waals surface area contributed by atoms with Crippen molar-refractivity contribution in [1.82, 2.24) is 9.97 Å². The maximum atomic E-state index is 10.0. The molecule has 0 saturated carbocycles. The number of phenolic OH excluding ortho intramolecular Hbond substituents is 1. The largest absolute Gasteiger partial charge is 0.502 e. The number of aromatic nitrogens is 2. The van der Waals surface area contributed by atoms with Gasteiger partial charge in [-0.1, -0.05) is 0 Å². The van der Waals surface area contributed by atoms with E-state index in [2.05, 4.69) is 16.0 Å². The summed E-state index contributed by atoms with van der Waals surface area (Å²) in [6.07, 6.45) is 1.64. The minimum Gasteiger partial charge on any atom is -0.502 e. The molecule has 1 heterocycles. The summed E-state index contributed by atoms with van der Waals surface area (Å²) >= 11 is 0. The lowest BCUT2D eigenvalue weighted by atomic mass is 10.1. The molecule has 0 aliphatic rings. The summed E-state index contributed by atoms with van der Waals surface area (Å²) in [4.78, 5) is 7.56. The molecule has 0 atom stereocenters. The molecule has 3 rings (SSSR count). The summed E-state index contributed by atoms with van der Waals surface area (Å²) < 4.78 is 15.5. The van der Waals surface area contributed by atoms with Gasteiger partial charge in [0.25, 0.3) is 0 Å². The van der Waals surface area contributed by atoms with Gasteiger partial charge in [0.15, 0.2) is 11.5 Å². The molecule has 0 saturated heterocycles. The van der Waals surface area contributed by atoms with Crippen LogP contribution in [0.3, 0.4) is 0 Å². The molecule has 2 aromatic carbocycles. The van der Waals surface area contributed by atoms with Gasteiger partial charge in [-0.05, 0) is 35.9 Å². The van der Waals surface area contributed by atoms with Gasteiger partial charge < -0.3 is 24.3 Å². The average Bonchev–Trinajstić information content (AvgIpc) is 3.09. The Labute approximate surface area is 162 Å². The minimum atomic E-state index is -0.0958. The van der Waals surface area contributed by atoms with E-state index in [9.17, 15) is 10.4 Å². The monoisotopic (exact) mass is 387 g/mol. The molecule has 1 aromatic heterocycles. The number of halogens is 1. The highest BCUT2D eigenvalue weighted by atomic mass is 35.5. The molecule has 0 unspecified atom stereocenters. The summed E-state index contributed by atoms with van der Waals surface area (Å²) in [6.45, 7) is 0. The van der Waals surface area contributed by atoms with E-state index in [-0.39, 0.29) is 29.7 Å². The third kappa shape index (κ3) is 3.91. The second-order valence-electron chi connectivity index (χ2n) is 5.41. The fourth-order valence-corrected chi connectivity index (χ4v) is 2.56. The van der Waals surface area contributed by atoms with Crippen molar-refractivity contribution in [3.63, 3.8) is 0 Å². The maximum Gasteiger partial charge on any atom is 0.200 e. The number of aromatic hydroxyl groups is 1. The highest BCUT2D eigenvalue weighted by Gasteiger charge is 2.13. The van der Waals surface area contributed by atoms with Crippen molar-refractivity contribution in [2.45, 2.75) is 0 Å². The zero-order valence-electron chi connectivity index (χ0n) is 14.9. The number of hydrogen-bond donors (Lipinski definition) is 2. The molecule has 0 spiro atoms. The molecule has 0 aliphatic carbocycles. The summed E-state index contributed by atoms with van der Waals surface area (Å²) in [5, 5.41) is 19.6. The molecule has 0 fully saturated rings. The fraction of sp³-hybridized carbons (Fsp3) is 0.158. The van der Waals surface area contributed by atoms with Gasteiger partial charge in [-0.25, -0.2) is 4.98 Å². The molecular formula is C19H18ClN3O4. The number of methoxy groups -OCH3 is 3. The Morgan fingerprint density at radius 1 is 1.11 bits per heavy atom. The van der Waals surface area contributed by atoms with Crippen LogP contribution in [0.1, 0.15) is 11.4 Å². The van der Waals surface area contributed by atoms with Crippen LogP contribution in [-0.2, 0) is 0 Å². The van der Waals surface area contributed by atoms with Crippen molar-refractivity contribution in [2.75, 3.05) is 21.3 Å². The third-order valence-electron chi connectivity index (χ3n) is 3.88. The zero-order chi connectivity index (χ0) is 18.7. The second kappa shape index (κ2) is 8.34. The Kier molecular flexibility index (Phi) is 6.16. The van der Waals surface area contributed by atoms with Crippen molar-refractivity contribution in [3.8, 4) is 29.1 Å². The number of nitrogens with zero attached hydrogens (tertiary/aromatic N) is 2. The summed E-state index contributed by atoms with van der Waals surface area (Å²) in [5.41, 5.74) is 2.45. The number of rotatable bonds is 5. The van der Waals surface area contributed by atoms with E-state index in [1.807, 2.05) is 12.1 Å². The maximum absolute atomic E-state index is 10.0. The number of nitrogens with one attached hydrogen (secondary N) is 1. The Morgan fingerprint density at radius 3 is 2.33 bits per heavy atom. The first kappa shape index (κ1) is 19.9. The van der Waals surface area contributed by atoms with Gasteiger partial charge in [-0.2, -0.15) is 5.26 Å². The predicted molar refractivity (Wildman–Crippen MR) is 105 cm³/mol. The number of ether oxygens (including phenoxy) is 3. The van der Waals surface area contributed by atoms with Gasteiger partial charge in [-0.15, -0.1) is 12.4 Å². The Bertz CT molecular complexity index is 1010. The van der Waals surface area contributed by atoms with E-state index in [0.717, 1.165) is 11.0 Å². The van der Waals surface area contributed by atoms with Crippen molar-refractivity contribution >= 4 is 35.1 Å². The van der Waals surface area contributed by atoms with Crippen LogP contribution in [0.15, 0.2) is 30.3 Å². The molecule has 27 heavy (non-hydrogen) atoms. The van der Waals surface area contributed by atoms with Gasteiger partial charge in [0, 0.05) is 6.07 Å². The highest BCUT2D eigenvalue weighted by molar-refractivity contribution is 5.91. The van der Waals surface area contributed by atoms with Crippen LogP contribution in [0.25, 0.3) is 22.7 Å². The fourth-order valence-electron chi connectivity index (χ4n) is 2.56. The molecule has 8 heteroatoms. The SMILES string of the molecule is COc1ccc2nc(C(C#N)=Cc3cc(OC)c(O)c(OC)c3)[nH]c2c1.Cl. The van der Waals surface area contributed by atoms with E-state index in [1.54, 1.807) is 31.4 Å². The number of allylic oxidation sites excluding steroid dienone is 1. The zero-order valence-corrected chi connectivity index (χ0v) is 15.8. The van der Waals surface area contributed by atoms with Crippen molar-refractivity contribution in [1.29, 1.82) is 5.26 Å². The van der Waals surface area contributed by atoms with Crippen LogP contribution < -0.4 is 14.2 Å². The van der Waals surface area contributed by atoms with E-state index in [1.165, 1.54) is 14.2 Å². The lowest BCUT2D eigenvalue weighted by Crippen LogP contribution is -1.91. The van der Waals surface area contributed by atoms with Crippen LogP contribution in [0.4, 0.5) is 0 Å². The smallest absolute Gasteiger partial charge is 0.200 e. The molecule has 140 valence electrons. The van der Waals surface area contributed by atoms with E-state index in [0.29, 0.717) is 22.7 Å². The number of fused-ring (bicyclic) bond motifs is 1. The number of H-pyrrole nitrogens is 1. The normalized spacial score (nSPS) is 10.8.